The molecule has 0 amide bonds. The first-order valence-corrected chi connectivity index (χ1v) is 8.58. The van der Waals surface area contributed by atoms with Crippen LogP contribution < -0.4 is 10.5 Å². The number of anilines is 1. The van der Waals surface area contributed by atoms with Gasteiger partial charge in [-0.15, -0.1) is 0 Å². The number of nitrogen functional groups attached to an aromatic ring is 1. The number of sulfonamides is 1. The molecule has 1 aliphatic rings. The highest BCUT2D eigenvalue weighted by Crippen LogP contribution is 2.29. The molecule has 7 heteroatoms. The number of nitrogens with one attached hydrogen (secondary N) is 1. The average Bonchev–Trinajstić information content (AvgIpc) is 2.48. The standard InChI is InChI=1S/C14H21FN2O3S/c15-13-7-12(5-6-14(13)16)21(19,20)17-8-10-3-1-2-4-11(10)9-18/h5-7,10-11,17-18H,1-4,8-9,16H2. The number of aliphatic hydroxyl groups excluding tert-OH is 1. The normalized spacial score (nSPS) is 23.1. The number of hydrogen-bond donors (Lipinski definition) is 3. The zero-order chi connectivity index (χ0) is 15.5. The van der Waals surface area contributed by atoms with Crippen LogP contribution in [-0.2, 0) is 10.0 Å². The van der Waals surface area contributed by atoms with Gasteiger partial charge in [0.2, 0.25) is 10.0 Å². The minimum absolute atomic E-state index is 0.0723. The molecule has 5 nitrogen and oxygen atoms in total. The Kier molecular flexibility index (Phi) is 5.18. The van der Waals surface area contributed by atoms with Crippen LogP contribution in [0.3, 0.4) is 0 Å². The first-order chi connectivity index (χ1) is 9.94. The van der Waals surface area contributed by atoms with E-state index in [4.69, 9.17) is 5.73 Å². The van der Waals surface area contributed by atoms with Crippen LogP contribution in [0.5, 0.6) is 0 Å². The van der Waals surface area contributed by atoms with Crippen LogP contribution in [0, 0.1) is 17.7 Å². The molecule has 4 N–H and O–H groups in total. The molecule has 0 radical (unpaired) electrons. The summed E-state index contributed by atoms with van der Waals surface area (Å²) in [6.07, 6.45) is 3.92. The van der Waals surface area contributed by atoms with E-state index in [1.165, 1.54) is 12.1 Å². The monoisotopic (exact) mass is 316 g/mol. The molecule has 1 aromatic carbocycles. The van der Waals surface area contributed by atoms with E-state index in [9.17, 15) is 17.9 Å². The van der Waals surface area contributed by atoms with Gasteiger partial charge in [0.15, 0.2) is 0 Å². The second-order valence-corrected chi connectivity index (χ2v) is 7.29. The zero-order valence-electron chi connectivity index (χ0n) is 11.8. The molecular formula is C14H21FN2O3S. The van der Waals surface area contributed by atoms with Gasteiger partial charge >= 0.3 is 0 Å². The van der Waals surface area contributed by atoms with Gasteiger partial charge in [-0.2, -0.15) is 0 Å². The van der Waals surface area contributed by atoms with Crippen LogP contribution in [0.2, 0.25) is 0 Å². The average molecular weight is 316 g/mol. The van der Waals surface area contributed by atoms with Gasteiger partial charge < -0.3 is 10.8 Å². The highest BCUT2D eigenvalue weighted by Gasteiger charge is 2.26. The molecule has 1 aromatic rings. The number of benzene rings is 1. The molecule has 21 heavy (non-hydrogen) atoms. The summed E-state index contributed by atoms with van der Waals surface area (Å²) in [4.78, 5) is -0.134. The topological polar surface area (TPSA) is 92.4 Å². The molecule has 2 rings (SSSR count). The Balaban J connectivity index is 2.05. The smallest absolute Gasteiger partial charge is 0.240 e. The minimum Gasteiger partial charge on any atom is -0.396 e. The Morgan fingerprint density at radius 2 is 1.95 bits per heavy atom. The predicted octanol–water partition coefficient (Wildman–Crippen LogP) is 1.48. The van der Waals surface area contributed by atoms with E-state index < -0.39 is 15.8 Å². The summed E-state index contributed by atoms with van der Waals surface area (Å²) in [5.74, 6) is -0.495. The van der Waals surface area contributed by atoms with Gasteiger partial charge in [-0.3, -0.25) is 0 Å². The van der Waals surface area contributed by atoms with Gasteiger partial charge in [0.1, 0.15) is 5.82 Å². The maximum atomic E-state index is 13.4. The zero-order valence-corrected chi connectivity index (χ0v) is 12.6. The Bertz CT molecular complexity index is 592. The number of hydrogen-bond acceptors (Lipinski definition) is 4. The lowest BCUT2D eigenvalue weighted by Crippen LogP contribution is -2.35. The second kappa shape index (κ2) is 6.72. The summed E-state index contributed by atoms with van der Waals surface area (Å²) in [6.45, 7) is 0.336. The number of aliphatic hydroxyl groups is 1. The molecule has 2 atom stereocenters. The Morgan fingerprint density at radius 3 is 2.57 bits per heavy atom. The quantitative estimate of drug-likeness (QED) is 0.718. The van der Waals surface area contributed by atoms with Gasteiger partial charge in [-0.1, -0.05) is 12.8 Å². The summed E-state index contributed by atoms with van der Waals surface area (Å²) in [5, 5.41) is 9.33. The third-order valence-corrected chi connectivity index (χ3v) is 5.54. The highest BCUT2D eigenvalue weighted by molar-refractivity contribution is 7.89. The molecule has 1 saturated carbocycles. The van der Waals surface area contributed by atoms with E-state index in [0.717, 1.165) is 31.7 Å². The third-order valence-electron chi connectivity index (χ3n) is 4.12. The summed E-state index contributed by atoms with van der Waals surface area (Å²) < 4.78 is 40.2. The molecule has 0 bridgehead atoms. The van der Waals surface area contributed by atoms with Crippen LogP contribution in [0.25, 0.3) is 0 Å². The van der Waals surface area contributed by atoms with Crippen molar-refractivity contribution in [3.8, 4) is 0 Å². The molecule has 2 unspecified atom stereocenters. The van der Waals surface area contributed by atoms with Crippen molar-refractivity contribution in [3.05, 3.63) is 24.0 Å². The summed E-state index contributed by atoms with van der Waals surface area (Å²) in [7, 11) is -3.76. The van der Waals surface area contributed by atoms with Crippen LogP contribution in [0.1, 0.15) is 25.7 Å². The predicted molar refractivity (Wildman–Crippen MR) is 78.5 cm³/mol. The van der Waals surface area contributed by atoms with Gasteiger partial charge in [0, 0.05) is 13.2 Å². The SMILES string of the molecule is Nc1ccc(S(=O)(=O)NCC2CCCCC2CO)cc1F. The van der Waals surface area contributed by atoms with Crippen molar-refractivity contribution in [1.29, 1.82) is 0 Å². The minimum atomic E-state index is -3.76. The first kappa shape index (κ1) is 16.2. The largest absolute Gasteiger partial charge is 0.396 e. The molecule has 1 fully saturated rings. The van der Waals surface area contributed by atoms with Crippen LogP contribution in [0.4, 0.5) is 10.1 Å². The lowest BCUT2D eigenvalue weighted by atomic mass is 9.80. The van der Waals surface area contributed by atoms with Gasteiger partial charge in [0.25, 0.3) is 0 Å². The number of halogens is 1. The molecule has 0 saturated heterocycles. The second-order valence-electron chi connectivity index (χ2n) is 5.52. The highest BCUT2D eigenvalue weighted by atomic mass is 32.2. The van der Waals surface area contributed by atoms with Gasteiger partial charge in [0.05, 0.1) is 10.6 Å². The maximum Gasteiger partial charge on any atom is 0.240 e. The molecule has 1 aliphatic carbocycles. The van der Waals surface area contributed by atoms with Crippen molar-refractivity contribution >= 4 is 15.7 Å². The van der Waals surface area contributed by atoms with E-state index >= 15 is 0 Å². The fourth-order valence-electron chi connectivity index (χ4n) is 2.77. The molecule has 0 aromatic heterocycles. The third kappa shape index (κ3) is 3.93. The van der Waals surface area contributed by atoms with Crippen LogP contribution >= 0.6 is 0 Å². The molecule has 118 valence electrons. The van der Waals surface area contributed by atoms with E-state index in [1.807, 2.05) is 0 Å². The summed E-state index contributed by atoms with van der Waals surface area (Å²) in [5.41, 5.74) is 5.26. The summed E-state index contributed by atoms with van der Waals surface area (Å²) >= 11 is 0. The molecular weight excluding hydrogens is 295 g/mol. The van der Waals surface area contributed by atoms with E-state index in [1.54, 1.807) is 0 Å². The Labute approximate surface area is 124 Å². The van der Waals surface area contributed by atoms with E-state index in [-0.39, 0.29) is 35.6 Å². The fraction of sp³-hybridized carbons (Fsp3) is 0.571. The van der Waals surface area contributed by atoms with Gasteiger partial charge in [-0.25, -0.2) is 17.5 Å². The molecule has 0 heterocycles. The van der Waals surface area contributed by atoms with Crippen molar-refractivity contribution in [2.75, 3.05) is 18.9 Å². The maximum absolute atomic E-state index is 13.4. The fourth-order valence-corrected chi connectivity index (χ4v) is 3.87. The van der Waals surface area contributed by atoms with Crippen molar-refractivity contribution < 1.29 is 17.9 Å². The van der Waals surface area contributed by atoms with Crippen molar-refractivity contribution in [2.45, 2.75) is 30.6 Å². The van der Waals surface area contributed by atoms with Crippen molar-refractivity contribution in [3.63, 3.8) is 0 Å². The van der Waals surface area contributed by atoms with Crippen molar-refractivity contribution in [2.24, 2.45) is 11.8 Å². The summed E-state index contributed by atoms with van der Waals surface area (Å²) in [6, 6.07) is 3.44. The Hall–Kier alpha value is -1.18. The van der Waals surface area contributed by atoms with Crippen LogP contribution in [-0.4, -0.2) is 26.7 Å². The lowest BCUT2D eigenvalue weighted by Gasteiger charge is -2.30. The van der Waals surface area contributed by atoms with E-state index in [0.29, 0.717) is 0 Å². The van der Waals surface area contributed by atoms with E-state index in [2.05, 4.69) is 4.72 Å². The van der Waals surface area contributed by atoms with Crippen molar-refractivity contribution in [1.82, 2.24) is 4.72 Å². The number of nitrogens with two attached hydrogens (primary N) is 1. The molecule has 0 aliphatic heterocycles. The first-order valence-electron chi connectivity index (χ1n) is 7.09. The lowest BCUT2D eigenvalue weighted by molar-refractivity contribution is 0.136. The van der Waals surface area contributed by atoms with Gasteiger partial charge in [-0.05, 0) is 42.9 Å². The molecule has 0 spiro atoms. The number of rotatable bonds is 5. The van der Waals surface area contributed by atoms with Crippen LogP contribution in [0.15, 0.2) is 23.1 Å². The Morgan fingerprint density at radius 1 is 1.29 bits per heavy atom.